The van der Waals surface area contributed by atoms with Crippen molar-refractivity contribution in [1.82, 2.24) is 10.6 Å². The van der Waals surface area contributed by atoms with Crippen LogP contribution in [0.5, 0.6) is 0 Å². The van der Waals surface area contributed by atoms with Crippen LogP contribution < -0.4 is 10.6 Å². The molecule has 2 amide bonds. The summed E-state index contributed by atoms with van der Waals surface area (Å²) in [5.74, 6) is -0.789. The third kappa shape index (κ3) is 4.40. The van der Waals surface area contributed by atoms with E-state index in [1.54, 1.807) is 25.3 Å². The summed E-state index contributed by atoms with van der Waals surface area (Å²) in [5.41, 5.74) is 1.58. The summed E-state index contributed by atoms with van der Waals surface area (Å²) >= 11 is 14.0. The zero-order valence-corrected chi connectivity index (χ0v) is 18.4. The third-order valence-corrected chi connectivity index (χ3v) is 6.62. The quantitative estimate of drug-likeness (QED) is 0.698. The minimum atomic E-state index is -0.502. The number of rotatable bonds is 5. The van der Waals surface area contributed by atoms with Gasteiger partial charge in [-0.25, -0.2) is 4.99 Å². The molecule has 3 aliphatic rings. The molecule has 1 aliphatic carbocycles. The molecule has 1 aromatic carbocycles. The Balaban J connectivity index is 1.76. The lowest BCUT2D eigenvalue weighted by Gasteiger charge is -2.33. The molecule has 0 radical (unpaired) electrons. The van der Waals surface area contributed by atoms with Gasteiger partial charge in [-0.1, -0.05) is 59.2 Å². The summed E-state index contributed by atoms with van der Waals surface area (Å²) in [5, 5.41) is 7.26. The first-order chi connectivity index (χ1) is 14.5. The lowest BCUT2D eigenvalue weighted by molar-refractivity contribution is -0.124. The number of nitrogens with zero attached hydrogens (tertiary/aromatic N) is 1. The van der Waals surface area contributed by atoms with Gasteiger partial charge < -0.3 is 10.1 Å². The van der Waals surface area contributed by atoms with Crippen molar-refractivity contribution < 1.29 is 14.3 Å². The average Bonchev–Trinajstić information content (AvgIpc) is 2.70. The highest BCUT2D eigenvalue weighted by molar-refractivity contribution is 8.04. The van der Waals surface area contributed by atoms with Gasteiger partial charge in [0.2, 0.25) is 5.91 Å². The van der Waals surface area contributed by atoms with Crippen molar-refractivity contribution in [3.8, 4) is 0 Å². The highest BCUT2D eigenvalue weighted by Gasteiger charge is 2.36. The van der Waals surface area contributed by atoms with E-state index < -0.39 is 5.50 Å². The van der Waals surface area contributed by atoms with E-state index in [0.29, 0.717) is 33.7 Å². The molecule has 1 saturated heterocycles. The van der Waals surface area contributed by atoms with Gasteiger partial charge in [0.1, 0.15) is 5.50 Å². The van der Waals surface area contributed by atoms with E-state index in [9.17, 15) is 9.59 Å². The molecular formula is C21H19Cl2N3O3S. The maximum atomic E-state index is 13.0. The molecule has 3 atom stereocenters. The number of thioether (sulfide) groups is 1. The molecule has 4 rings (SSSR count). The van der Waals surface area contributed by atoms with E-state index in [1.807, 2.05) is 24.3 Å². The van der Waals surface area contributed by atoms with Gasteiger partial charge in [0.15, 0.2) is 0 Å². The zero-order valence-electron chi connectivity index (χ0n) is 16.0. The van der Waals surface area contributed by atoms with E-state index >= 15 is 0 Å². The first-order valence-electron chi connectivity index (χ1n) is 9.34. The molecule has 0 bridgehead atoms. The fourth-order valence-corrected chi connectivity index (χ4v) is 5.27. The summed E-state index contributed by atoms with van der Waals surface area (Å²) in [7, 11) is 1.59. The molecule has 9 heteroatoms. The Hall–Kier alpha value is -1.90. The van der Waals surface area contributed by atoms with Gasteiger partial charge in [-0.05, 0) is 29.4 Å². The number of ether oxygens (including phenoxy) is 1. The van der Waals surface area contributed by atoms with Crippen LogP contribution in [-0.2, 0) is 14.3 Å². The molecule has 3 unspecified atom stereocenters. The maximum Gasteiger partial charge on any atom is 0.284 e. The van der Waals surface area contributed by atoms with E-state index in [1.165, 1.54) is 11.8 Å². The molecule has 1 aromatic rings. The average molecular weight is 464 g/mol. The van der Waals surface area contributed by atoms with Gasteiger partial charge in [-0.2, -0.15) is 0 Å². The Morgan fingerprint density at radius 2 is 2.03 bits per heavy atom. The van der Waals surface area contributed by atoms with E-state index in [4.69, 9.17) is 27.9 Å². The first kappa shape index (κ1) is 21.3. The fourth-order valence-electron chi connectivity index (χ4n) is 3.65. The minimum Gasteiger partial charge on any atom is -0.383 e. The Kier molecular flexibility index (Phi) is 6.46. The van der Waals surface area contributed by atoms with Crippen LogP contribution in [0.25, 0.3) is 5.57 Å². The number of dihydropyridines is 1. The fraction of sp³-hybridized carbons (Fsp3) is 0.286. The number of nitrogens with one attached hydrogen (secondary N) is 2. The van der Waals surface area contributed by atoms with Crippen LogP contribution >= 0.6 is 35.0 Å². The normalized spacial score (nSPS) is 26.2. The third-order valence-electron chi connectivity index (χ3n) is 4.92. The molecule has 1 fully saturated rings. The van der Waals surface area contributed by atoms with Crippen molar-refractivity contribution in [3.63, 3.8) is 0 Å². The van der Waals surface area contributed by atoms with E-state index in [0.717, 1.165) is 11.1 Å². The number of hydrogen-bond acceptors (Lipinski definition) is 5. The van der Waals surface area contributed by atoms with E-state index in [2.05, 4.69) is 15.6 Å². The number of carbonyl (C=O) groups excluding carboxylic acids is 2. The van der Waals surface area contributed by atoms with Crippen LogP contribution in [0.15, 0.2) is 57.4 Å². The predicted molar refractivity (Wildman–Crippen MR) is 120 cm³/mol. The SMILES string of the molecule is COCC1CC(=O)NC(SC2=C(c3ccccc3Cl)C3C=C(Cl)C=CC3=NC2=O)N1. The van der Waals surface area contributed by atoms with Crippen LogP contribution in [0.2, 0.25) is 5.02 Å². The lowest BCUT2D eigenvalue weighted by atomic mass is 9.84. The topological polar surface area (TPSA) is 79.8 Å². The standard InChI is InChI=1S/C21H19Cl2N3O3S/c1-29-10-12-9-17(27)26-21(24-12)30-19-18(13-4-2-3-5-15(13)23)14-8-11(22)6-7-16(14)25-20(19)28/h2-8,12,14,21,24H,9-10H2,1H3,(H,26,27). The smallest absolute Gasteiger partial charge is 0.284 e. The molecule has 0 saturated carbocycles. The predicted octanol–water partition coefficient (Wildman–Crippen LogP) is 3.48. The number of halogens is 2. The Labute approximate surface area is 188 Å². The number of amides is 2. The summed E-state index contributed by atoms with van der Waals surface area (Å²) in [6, 6.07) is 7.21. The van der Waals surface area contributed by atoms with Crippen molar-refractivity contribution in [2.45, 2.75) is 18.0 Å². The van der Waals surface area contributed by atoms with Gasteiger partial charge in [0, 0.05) is 35.5 Å². The number of benzene rings is 1. The molecule has 30 heavy (non-hydrogen) atoms. The van der Waals surface area contributed by atoms with E-state index in [-0.39, 0.29) is 23.8 Å². The van der Waals surface area contributed by atoms with Crippen molar-refractivity contribution in [3.05, 3.63) is 63.0 Å². The second kappa shape index (κ2) is 9.08. The van der Waals surface area contributed by atoms with Gasteiger partial charge in [-0.3, -0.25) is 14.9 Å². The highest BCUT2D eigenvalue weighted by atomic mass is 35.5. The number of carbonyl (C=O) groups is 2. The number of hydrogen-bond donors (Lipinski definition) is 2. The van der Waals surface area contributed by atoms with Crippen LogP contribution in [-0.4, -0.2) is 42.8 Å². The monoisotopic (exact) mass is 463 g/mol. The Morgan fingerprint density at radius 3 is 2.80 bits per heavy atom. The van der Waals surface area contributed by atoms with Crippen molar-refractivity contribution in [1.29, 1.82) is 0 Å². The largest absolute Gasteiger partial charge is 0.383 e. The second-order valence-corrected chi connectivity index (χ2v) is 8.97. The van der Waals surface area contributed by atoms with Gasteiger partial charge in [0.25, 0.3) is 5.91 Å². The number of methoxy groups -OCH3 is 1. The molecule has 156 valence electrons. The molecule has 0 aromatic heterocycles. The van der Waals surface area contributed by atoms with Crippen LogP contribution in [0, 0.1) is 5.92 Å². The summed E-state index contributed by atoms with van der Waals surface area (Å²) in [6.07, 6.45) is 5.62. The van der Waals surface area contributed by atoms with Gasteiger partial charge in [-0.15, -0.1) is 0 Å². The number of allylic oxidation sites excluding steroid dienone is 5. The molecule has 0 spiro atoms. The van der Waals surface area contributed by atoms with Crippen molar-refractivity contribution in [2.24, 2.45) is 10.9 Å². The van der Waals surface area contributed by atoms with Crippen molar-refractivity contribution in [2.75, 3.05) is 13.7 Å². The zero-order chi connectivity index (χ0) is 21.3. The molecule has 2 aliphatic heterocycles. The number of fused-ring (bicyclic) bond motifs is 1. The summed E-state index contributed by atoms with van der Waals surface area (Å²) in [4.78, 5) is 29.9. The maximum absolute atomic E-state index is 13.0. The van der Waals surface area contributed by atoms with Gasteiger partial charge in [0.05, 0.1) is 17.2 Å². The number of aliphatic imine (C=N–C) groups is 1. The second-order valence-electron chi connectivity index (χ2n) is 7.02. The Morgan fingerprint density at radius 1 is 1.23 bits per heavy atom. The van der Waals surface area contributed by atoms with Crippen LogP contribution in [0.3, 0.4) is 0 Å². The molecule has 2 heterocycles. The summed E-state index contributed by atoms with van der Waals surface area (Å²) < 4.78 is 5.18. The first-order valence-corrected chi connectivity index (χ1v) is 11.0. The van der Waals surface area contributed by atoms with Crippen LogP contribution in [0.4, 0.5) is 0 Å². The molecule has 6 nitrogen and oxygen atoms in total. The van der Waals surface area contributed by atoms with Crippen LogP contribution in [0.1, 0.15) is 12.0 Å². The van der Waals surface area contributed by atoms with Gasteiger partial charge >= 0.3 is 0 Å². The van der Waals surface area contributed by atoms with Crippen molar-refractivity contribution >= 4 is 58.1 Å². The molecule has 2 N–H and O–H groups in total. The lowest BCUT2D eigenvalue weighted by Crippen LogP contribution is -2.56. The minimum absolute atomic E-state index is 0.107. The summed E-state index contributed by atoms with van der Waals surface area (Å²) in [6.45, 7) is 0.392. The molecular weight excluding hydrogens is 445 g/mol. The highest BCUT2D eigenvalue weighted by Crippen LogP contribution is 2.43. The Bertz CT molecular complexity index is 1020.